The van der Waals surface area contributed by atoms with Gasteiger partial charge >= 0.3 is 0 Å². The van der Waals surface area contributed by atoms with Crippen LogP contribution in [-0.4, -0.2) is 16.3 Å². The van der Waals surface area contributed by atoms with Gasteiger partial charge in [0.05, 0.1) is 6.10 Å². The molecule has 0 saturated heterocycles. The van der Waals surface area contributed by atoms with Gasteiger partial charge in [-0.05, 0) is 72.8 Å². The van der Waals surface area contributed by atoms with Crippen LogP contribution in [0.4, 0.5) is 0 Å². The number of aliphatic hydroxyl groups is 1. The van der Waals surface area contributed by atoms with Crippen LogP contribution in [0.1, 0.15) is 57.1 Å². The van der Waals surface area contributed by atoms with Gasteiger partial charge < -0.3 is 10.2 Å². The molecular weight excluding hydrogens is 272 g/mol. The van der Waals surface area contributed by atoms with Crippen molar-refractivity contribution >= 4 is 5.57 Å². The topological polar surface area (TPSA) is 40.5 Å². The fraction of sp³-hybridized carbons (Fsp3) is 0.600. The van der Waals surface area contributed by atoms with Crippen LogP contribution in [0, 0.1) is 16.2 Å². The van der Waals surface area contributed by atoms with E-state index in [1.165, 1.54) is 23.1 Å². The molecule has 0 aliphatic heterocycles. The number of aromatic hydroxyl groups is 1. The maximum absolute atomic E-state index is 10.7. The predicted molar refractivity (Wildman–Crippen MR) is 86.5 cm³/mol. The Bertz CT molecular complexity index is 733. The smallest absolute Gasteiger partial charge is 0.115 e. The third kappa shape index (κ3) is 1.21. The largest absolute Gasteiger partial charge is 0.508 e. The zero-order chi connectivity index (χ0) is 15.3. The van der Waals surface area contributed by atoms with Crippen molar-refractivity contribution in [3.8, 4) is 5.75 Å². The molecule has 2 saturated carbocycles. The van der Waals surface area contributed by atoms with Crippen molar-refractivity contribution in [3.63, 3.8) is 0 Å². The monoisotopic (exact) mass is 296 g/mol. The molecular formula is C20H24O2. The molecule has 2 nitrogen and oxygen atoms in total. The van der Waals surface area contributed by atoms with Gasteiger partial charge in [0.1, 0.15) is 5.75 Å². The Hall–Kier alpha value is -1.28. The van der Waals surface area contributed by atoms with E-state index in [0.29, 0.717) is 11.2 Å². The van der Waals surface area contributed by atoms with Crippen molar-refractivity contribution in [2.24, 2.45) is 16.2 Å². The highest BCUT2D eigenvalue weighted by atomic mass is 16.3. The molecule has 5 rings (SSSR count). The lowest BCUT2D eigenvalue weighted by molar-refractivity contribution is 0.0114. The first kappa shape index (κ1) is 13.2. The van der Waals surface area contributed by atoms with Gasteiger partial charge in [0.2, 0.25) is 0 Å². The zero-order valence-electron chi connectivity index (χ0n) is 13.4. The second-order valence-electron chi connectivity index (χ2n) is 8.58. The second-order valence-corrected chi connectivity index (χ2v) is 8.58. The van der Waals surface area contributed by atoms with Crippen LogP contribution in [0.15, 0.2) is 23.8 Å². The molecule has 1 spiro atoms. The van der Waals surface area contributed by atoms with E-state index in [1.807, 2.05) is 12.1 Å². The summed E-state index contributed by atoms with van der Waals surface area (Å²) in [5, 5.41) is 20.5. The summed E-state index contributed by atoms with van der Waals surface area (Å²) >= 11 is 0. The number of fused-ring (bicyclic) bond motifs is 2. The van der Waals surface area contributed by atoms with E-state index in [9.17, 15) is 10.2 Å². The fourth-order valence-corrected chi connectivity index (χ4v) is 6.61. The first-order valence-electron chi connectivity index (χ1n) is 8.64. The number of phenols is 1. The van der Waals surface area contributed by atoms with E-state index in [4.69, 9.17) is 0 Å². The molecule has 2 N–H and O–H groups in total. The van der Waals surface area contributed by atoms with Crippen LogP contribution >= 0.6 is 0 Å². The van der Waals surface area contributed by atoms with Crippen LogP contribution in [-0.2, 0) is 6.42 Å². The number of phenolic OH excluding ortho intramolecular Hbond substituents is 1. The highest BCUT2D eigenvalue weighted by Crippen LogP contribution is 2.86. The molecule has 2 fully saturated rings. The summed E-state index contributed by atoms with van der Waals surface area (Å²) in [5.74, 6) is 0.383. The van der Waals surface area contributed by atoms with Crippen molar-refractivity contribution in [2.75, 3.05) is 0 Å². The molecule has 0 unspecified atom stereocenters. The van der Waals surface area contributed by atoms with E-state index in [-0.39, 0.29) is 16.9 Å². The highest BCUT2D eigenvalue weighted by molar-refractivity contribution is 5.77. The normalized spacial score (nSPS) is 45.0. The second kappa shape index (κ2) is 3.62. The number of aliphatic hydroxyl groups excluding tert-OH is 1. The van der Waals surface area contributed by atoms with E-state index in [1.54, 1.807) is 5.57 Å². The predicted octanol–water partition coefficient (Wildman–Crippen LogP) is 4.05. The lowest BCUT2D eigenvalue weighted by Gasteiger charge is -2.46. The van der Waals surface area contributed by atoms with E-state index in [2.05, 4.69) is 19.9 Å². The minimum atomic E-state index is -0.137. The van der Waals surface area contributed by atoms with Gasteiger partial charge in [-0.2, -0.15) is 0 Å². The Morgan fingerprint density at radius 3 is 2.77 bits per heavy atom. The standard InChI is InChI=1S/C20H24O2/c1-18-10-17(22)19(2)8-7-15-14-5-4-13(21)9-12(14)3-6-16(15)20(18,19)11-18/h4-5,9,17,21-22H,3,6-8,10-11H2,1-2H3/t17-,18-,19-,20-/m1/s1. The lowest BCUT2D eigenvalue weighted by Crippen LogP contribution is -2.41. The average molecular weight is 296 g/mol. The zero-order valence-corrected chi connectivity index (χ0v) is 13.4. The van der Waals surface area contributed by atoms with E-state index >= 15 is 0 Å². The van der Waals surface area contributed by atoms with Crippen molar-refractivity contribution in [2.45, 2.75) is 58.5 Å². The molecule has 1 aromatic rings. The summed E-state index contributed by atoms with van der Waals surface area (Å²) in [6.07, 6.45) is 6.43. The molecule has 0 heterocycles. The van der Waals surface area contributed by atoms with Crippen molar-refractivity contribution in [3.05, 3.63) is 34.9 Å². The number of benzene rings is 1. The SMILES string of the molecule is C[C@]12C[C@@H](O)[C@@]3(C)CCC4=C(CCc5cc(O)ccc54)[C@]13C2. The first-order chi connectivity index (χ1) is 10.4. The van der Waals surface area contributed by atoms with Crippen LogP contribution in [0.25, 0.3) is 5.57 Å². The Labute approximate surface area is 131 Å². The number of rotatable bonds is 0. The van der Waals surface area contributed by atoms with Crippen LogP contribution in [0.2, 0.25) is 0 Å². The molecule has 1 aromatic carbocycles. The summed E-state index contributed by atoms with van der Waals surface area (Å²) in [6.45, 7) is 4.73. The van der Waals surface area contributed by atoms with Crippen LogP contribution in [0.3, 0.4) is 0 Å². The average Bonchev–Trinajstić information content (AvgIpc) is 3.03. The Morgan fingerprint density at radius 1 is 1.14 bits per heavy atom. The van der Waals surface area contributed by atoms with Gasteiger partial charge in [0.15, 0.2) is 0 Å². The summed E-state index contributed by atoms with van der Waals surface area (Å²) in [6, 6.07) is 5.89. The number of allylic oxidation sites excluding steroid dienone is 2. The van der Waals surface area contributed by atoms with E-state index in [0.717, 1.165) is 32.1 Å². The van der Waals surface area contributed by atoms with Gasteiger partial charge in [-0.25, -0.2) is 0 Å². The first-order valence-corrected chi connectivity index (χ1v) is 8.64. The molecule has 4 aliphatic rings. The fourth-order valence-electron chi connectivity index (χ4n) is 6.61. The van der Waals surface area contributed by atoms with Gasteiger partial charge in [-0.1, -0.05) is 25.5 Å². The summed E-state index contributed by atoms with van der Waals surface area (Å²) in [5.41, 5.74) is 6.51. The van der Waals surface area contributed by atoms with Gasteiger partial charge in [-0.3, -0.25) is 0 Å². The Kier molecular flexibility index (Phi) is 2.17. The maximum atomic E-state index is 10.7. The molecule has 116 valence electrons. The van der Waals surface area contributed by atoms with Crippen molar-refractivity contribution < 1.29 is 10.2 Å². The third-order valence-corrected chi connectivity index (χ3v) is 7.75. The van der Waals surface area contributed by atoms with Crippen LogP contribution < -0.4 is 0 Å². The highest BCUT2D eigenvalue weighted by Gasteiger charge is 2.80. The molecule has 0 amide bonds. The Balaban J connectivity index is 1.73. The lowest BCUT2D eigenvalue weighted by atomic mass is 9.58. The van der Waals surface area contributed by atoms with E-state index < -0.39 is 0 Å². The maximum Gasteiger partial charge on any atom is 0.115 e. The molecule has 4 atom stereocenters. The number of hydrogen-bond acceptors (Lipinski definition) is 2. The van der Waals surface area contributed by atoms with Crippen molar-refractivity contribution in [1.29, 1.82) is 0 Å². The third-order valence-electron chi connectivity index (χ3n) is 7.75. The molecule has 0 aromatic heterocycles. The quantitative estimate of drug-likeness (QED) is 0.758. The minimum Gasteiger partial charge on any atom is -0.508 e. The van der Waals surface area contributed by atoms with Crippen molar-refractivity contribution in [1.82, 2.24) is 0 Å². The molecule has 4 aliphatic carbocycles. The summed E-state index contributed by atoms with van der Waals surface area (Å²) in [4.78, 5) is 0. The molecule has 22 heavy (non-hydrogen) atoms. The number of aryl methyl sites for hydroxylation is 1. The minimum absolute atomic E-state index is 0.0784. The summed E-state index contributed by atoms with van der Waals surface area (Å²) < 4.78 is 0. The van der Waals surface area contributed by atoms with Gasteiger partial charge in [0.25, 0.3) is 0 Å². The number of hydrogen-bond donors (Lipinski definition) is 2. The molecule has 0 radical (unpaired) electrons. The molecule has 2 heteroatoms. The molecule has 0 bridgehead atoms. The van der Waals surface area contributed by atoms with Gasteiger partial charge in [-0.15, -0.1) is 0 Å². The van der Waals surface area contributed by atoms with Crippen LogP contribution in [0.5, 0.6) is 5.75 Å². The summed E-state index contributed by atoms with van der Waals surface area (Å²) in [7, 11) is 0. The Morgan fingerprint density at radius 2 is 1.95 bits per heavy atom. The van der Waals surface area contributed by atoms with Gasteiger partial charge in [0, 0.05) is 10.8 Å².